The van der Waals surface area contributed by atoms with Gasteiger partial charge in [-0.2, -0.15) is 0 Å². The molecule has 1 aliphatic heterocycles. The van der Waals surface area contributed by atoms with E-state index in [9.17, 15) is 20.0 Å². The number of nitrogens with zero attached hydrogens (tertiary/aromatic N) is 2. The van der Waals surface area contributed by atoms with Crippen molar-refractivity contribution in [2.45, 2.75) is 25.3 Å². The number of piperidine rings is 1. The second-order valence-corrected chi connectivity index (χ2v) is 5.07. The molecule has 0 saturated carbocycles. The Morgan fingerprint density at radius 3 is 2.90 bits per heavy atom. The van der Waals surface area contributed by atoms with Crippen LogP contribution in [-0.4, -0.2) is 42.2 Å². The molecule has 1 aromatic carbocycles. The first-order valence-electron chi connectivity index (χ1n) is 6.96. The molecule has 114 valence electrons. The average Bonchev–Trinajstić information content (AvgIpc) is 2.53. The monoisotopic (exact) mass is 293 g/mol. The molecule has 1 heterocycles. The molecule has 21 heavy (non-hydrogen) atoms. The van der Waals surface area contributed by atoms with E-state index in [2.05, 4.69) is 5.32 Å². The molecule has 0 bridgehead atoms. The number of carbonyl (C=O) groups is 1. The van der Waals surface area contributed by atoms with Gasteiger partial charge in [-0.05, 0) is 31.4 Å². The number of carbonyl (C=O) groups excluding carboxylic acids is 1. The average molecular weight is 293 g/mol. The molecular weight excluding hydrogens is 274 g/mol. The lowest BCUT2D eigenvalue weighted by Gasteiger charge is -2.36. The molecular formula is C14H19N3O4. The number of nitro benzene ring substituents is 1. The van der Waals surface area contributed by atoms with Crippen molar-refractivity contribution in [3.63, 3.8) is 0 Å². The summed E-state index contributed by atoms with van der Waals surface area (Å²) in [6, 6.07) is 4.35. The molecule has 1 saturated heterocycles. The summed E-state index contributed by atoms with van der Waals surface area (Å²) in [4.78, 5) is 24.3. The van der Waals surface area contributed by atoms with Crippen LogP contribution in [0, 0.1) is 10.1 Å². The van der Waals surface area contributed by atoms with Crippen LogP contribution in [0.4, 0.5) is 11.4 Å². The summed E-state index contributed by atoms with van der Waals surface area (Å²) >= 11 is 0. The molecule has 1 unspecified atom stereocenters. The number of benzene rings is 1. The molecule has 1 fully saturated rings. The molecule has 0 radical (unpaired) electrons. The molecule has 1 atom stereocenters. The van der Waals surface area contributed by atoms with E-state index in [4.69, 9.17) is 0 Å². The predicted octanol–water partition coefficient (Wildman–Crippen LogP) is 1.31. The van der Waals surface area contributed by atoms with Crippen molar-refractivity contribution >= 4 is 17.3 Å². The number of amides is 1. The Morgan fingerprint density at radius 2 is 2.29 bits per heavy atom. The quantitative estimate of drug-likeness (QED) is 0.644. The topological polar surface area (TPSA) is 95.7 Å². The van der Waals surface area contributed by atoms with Crippen molar-refractivity contribution in [1.82, 2.24) is 5.32 Å². The fraction of sp³-hybridized carbons (Fsp3) is 0.500. The number of rotatable bonds is 4. The van der Waals surface area contributed by atoms with Crippen molar-refractivity contribution in [3.8, 4) is 0 Å². The number of hydrogen-bond acceptors (Lipinski definition) is 5. The third kappa shape index (κ3) is 3.13. The Bertz CT molecular complexity index is 547. The van der Waals surface area contributed by atoms with Gasteiger partial charge >= 0.3 is 0 Å². The van der Waals surface area contributed by atoms with Gasteiger partial charge in [0, 0.05) is 25.2 Å². The third-order valence-corrected chi connectivity index (χ3v) is 3.81. The van der Waals surface area contributed by atoms with Gasteiger partial charge in [-0.25, -0.2) is 0 Å². The molecule has 1 aliphatic rings. The van der Waals surface area contributed by atoms with Crippen LogP contribution >= 0.6 is 0 Å². The summed E-state index contributed by atoms with van der Waals surface area (Å²) in [6.45, 7) is 0.639. The zero-order chi connectivity index (χ0) is 15.4. The molecule has 1 amide bonds. The molecule has 0 spiro atoms. The van der Waals surface area contributed by atoms with Crippen LogP contribution in [0.25, 0.3) is 0 Å². The van der Waals surface area contributed by atoms with Gasteiger partial charge in [0.25, 0.3) is 11.6 Å². The highest BCUT2D eigenvalue weighted by atomic mass is 16.6. The fourth-order valence-electron chi connectivity index (χ4n) is 2.71. The number of nitro groups is 1. The van der Waals surface area contributed by atoms with Gasteiger partial charge in [0.15, 0.2) is 0 Å². The van der Waals surface area contributed by atoms with Crippen molar-refractivity contribution in [3.05, 3.63) is 33.9 Å². The smallest absolute Gasteiger partial charge is 0.293 e. The number of anilines is 1. The Kier molecular flexibility index (Phi) is 4.74. The zero-order valence-electron chi connectivity index (χ0n) is 11.9. The highest BCUT2D eigenvalue weighted by Crippen LogP contribution is 2.33. The fourth-order valence-corrected chi connectivity index (χ4v) is 2.71. The maximum atomic E-state index is 11.6. The van der Waals surface area contributed by atoms with Gasteiger partial charge in [-0.1, -0.05) is 0 Å². The van der Waals surface area contributed by atoms with Gasteiger partial charge in [0.1, 0.15) is 5.69 Å². The predicted molar refractivity (Wildman–Crippen MR) is 78.6 cm³/mol. The number of hydrogen-bond donors (Lipinski definition) is 2. The zero-order valence-corrected chi connectivity index (χ0v) is 11.9. The SMILES string of the molecule is CNC(=O)c1ccc(N2CCCCC2CO)c([N+](=O)[O-])c1. The molecule has 0 aromatic heterocycles. The van der Waals surface area contributed by atoms with E-state index >= 15 is 0 Å². The highest BCUT2D eigenvalue weighted by Gasteiger charge is 2.28. The van der Waals surface area contributed by atoms with Gasteiger partial charge < -0.3 is 15.3 Å². The number of aliphatic hydroxyl groups is 1. The lowest BCUT2D eigenvalue weighted by Crippen LogP contribution is -2.42. The van der Waals surface area contributed by atoms with Gasteiger partial charge in [0.2, 0.25) is 0 Å². The molecule has 7 nitrogen and oxygen atoms in total. The van der Waals surface area contributed by atoms with Crippen molar-refractivity contribution in [2.75, 3.05) is 25.1 Å². The van der Waals surface area contributed by atoms with Gasteiger partial charge in [0.05, 0.1) is 17.6 Å². The van der Waals surface area contributed by atoms with Crippen LogP contribution < -0.4 is 10.2 Å². The van der Waals surface area contributed by atoms with E-state index in [-0.39, 0.29) is 29.8 Å². The summed E-state index contributed by atoms with van der Waals surface area (Å²) in [5.41, 5.74) is 0.619. The van der Waals surface area contributed by atoms with Crippen molar-refractivity contribution in [1.29, 1.82) is 0 Å². The highest BCUT2D eigenvalue weighted by molar-refractivity contribution is 5.95. The van der Waals surface area contributed by atoms with E-state index in [1.165, 1.54) is 13.1 Å². The third-order valence-electron chi connectivity index (χ3n) is 3.81. The summed E-state index contributed by atoms with van der Waals surface area (Å²) < 4.78 is 0. The van der Waals surface area contributed by atoms with E-state index in [0.717, 1.165) is 19.3 Å². The minimum absolute atomic E-state index is 0.0334. The van der Waals surface area contributed by atoms with Crippen LogP contribution in [0.5, 0.6) is 0 Å². The Morgan fingerprint density at radius 1 is 1.52 bits per heavy atom. The number of nitrogens with one attached hydrogen (secondary N) is 1. The first kappa shape index (κ1) is 15.2. The van der Waals surface area contributed by atoms with E-state index in [1.54, 1.807) is 12.1 Å². The molecule has 0 aliphatic carbocycles. The van der Waals surface area contributed by atoms with Crippen LogP contribution in [0.15, 0.2) is 18.2 Å². The summed E-state index contributed by atoms with van der Waals surface area (Å²) in [6.07, 6.45) is 2.75. The Labute approximate surface area is 122 Å². The maximum Gasteiger partial charge on any atom is 0.293 e. The van der Waals surface area contributed by atoms with Crippen molar-refractivity contribution < 1.29 is 14.8 Å². The first-order chi connectivity index (χ1) is 10.1. The van der Waals surface area contributed by atoms with Crippen molar-refractivity contribution in [2.24, 2.45) is 0 Å². The van der Waals surface area contributed by atoms with Crippen LogP contribution in [0.2, 0.25) is 0 Å². The molecule has 7 heteroatoms. The second-order valence-electron chi connectivity index (χ2n) is 5.07. The minimum Gasteiger partial charge on any atom is -0.394 e. The van der Waals surface area contributed by atoms with E-state index in [0.29, 0.717) is 12.2 Å². The summed E-state index contributed by atoms with van der Waals surface area (Å²) in [7, 11) is 1.48. The molecule has 2 rings (SSSR count). The lowest BCUT2D eigenvalue weighted by molar-refractivity contribution is -0.384. The van der Waals surface area contributed by atoms with E-state index < -0.39 is 4.92 Å². The Hall–Kier alpha value is -2.15. The number of aliphatic hydroxyl groups excluding tert-OH is 1. The van der Waals surface area contributed by atoms with Crippen LogP contribution in [0.3, 0.4) is 0 Å². The minimum atomic E-state index is -0.481. The summed E-state index contributed by atoms with van der Waals surface area (Å²) in [5, 5.41) is 23.2. The largest absolute Gasteiger partial charge is 0.394 e. The lowest BCUT2D eigenvalue weighted by atomic mass is 10.0. The standard InChI is InChI=1S/C14H19N3O4/c1-15-14(19)10-5-6-12(13(8-10)17(20)21)16-7-3-2-4-11(16)9-18/h5-6,8,11,18H,2-4,7,9H2,1H3,(H,15,19). The van der Waals surface area contributed by atoms with Gasteiger partial charge in [-0.3, -0.25) is 14.9 Å². The second kappa shape index (κ2) is 6.53. The Balaban J connectivity index is 2.42. The normalized spacial score (nSPS) is 18.4. The van der Waals surface area contributed by atoms with Crippen LogP contribution in [-0.2, 0) is 0 Å². The van der Waals surface area contributed by atoms with Crippen LogP contribution in [0.1, 0.15) is 29.6 Å². The van der Waals surface area contributed by atoms with Gasteiger partial charge in [-0.15, -0.1) is 0 Å². The molecule has 2 N–H and O–H groups in total. The van der Waals surface area contributed by atoms with E-state index in [1.807, 2.05) is 4.90 Å². The maximum absolute atomic E-state index is 11.6. The first-order valence-corrected chi connectivity index (χ1v) is 6.96. The summed E-state index contributed by atoms with van der Waals surface area (Å²) in [5.74, 6) is -0.359. The molecule has 1 aromatic rings.